The number of carbonyl (C=O) groups excluding carboxylic acids is 3. The number of ketones is 1. The van der Waals surface area contributed by atoms with Crippen LogP contribution in [0.1, 0.15) is 65.0 Å². The Bertz CT molecular complexity index is 1140. The minimum Gasteiger partial charge on any atom is -0.472 e. The molecule has 1 spiro atoms. The van der Waals surface area contributed by atoms with Gasteiger partial charge in [-0.2, -0.15) is 0 Å². The van der Waals surface area contributed by atoms with E-state index in [-0.39, 0.29) is 12.2 Å². The lowest BCUT2D eigenvalue weighted by Gasteiger charge is -2.68. The Labute approximate surface area is 209 Å². The SMILES string of the molecule is COC(=O)[C@H](O)[C@H]1C(C)(C)[C@@H]2O[C@@]34C[C@@H]2C(=O)[C@]1(C)[C@H]3CC[C@@]1(C)[C@H](c2ccoc2)OC(=O)C[C@]14O. The van der Waals surface area contributed by atoms with Gasteiger partial charge in [0, 0.05) is 34.1 Å². The molecule has 0 unspecified atom stereocenters. The number of aliphatic hydroxyl groups excluding tert-OH is 1. The highest BCUT2D eigenvalue weighted by atomic mass is 16.6. The summed E-state index contributed by atoms with van der Waals surface area (Å²) in [5.41, 5.74) is -5.07. The molecule has 5 fully saturated rings. The van der Waals surface area contributed by atoms with Gasteiger partial charge in [0.2, 0.25) is 0 Å². The van der Waals surface area contributed by atoms with Crippen LogP contribution in [0.2, 0.25) is 0 Å². The number of aliphatic hydroxyl groups is 2. The molecule has 196 valence electrons. The summed E-state index contributed by atoms with van der Waals surface area (Å²) in [6.45, 7) is 7.56. The van der Waals surface area contributed by atoms with E-state index in [1.165, 1.54) is 19.6 Å². The molecule has 3 aliphatic carbocycles. The number of hydrogen-bond donors (Lipinski definition) is 2. The van der Waals surface area contributed by atoms with E-state index in [1.807, 2.05) is 27.7 Å². The Balaban J connectivity index is 1.56. The van der Waals surface area contributed by atoms with Gasteiger partial charge in [0.25, 0.3) is 0 Å². The van der Waals surface area contributed by atoms with Gasteiger partial charge in [-0.25, -0.2) is 4.79 Å². The van der Waals surface area contributed by atoms with Gasteiger partial charge in [-0.1, -0.05) is 27.7 Å². The number of esters is 2. The predicted molar refractivity (Wildman–Crippen MR) is 122 cm³/mol. The van der Waals surface area contributed by atoms with Gasteiger partial charge in [-0.15, -0.1) is 0 Å². The zero-order chi connectivity index (χ0) is 26.1. The molecule has 10 atom stereocenters. The summed E-state index contributed by atoms with van der Waals surface area (Å²) in [4.78, 5) is 39.7. The van der Waals surface area contributed by atoms with Crippen LogP contribution in [0.25, 0.3) is 0 Å². The van der Waals surface area contributed by atoms with Crippen LogP contribution < -0.4 is 0 Å². The van der Waals surface area contributed by atoms with Gasteiger partial charge >= 0.3 is 11.9 Å². The molecule has 2 N–H and O–H groups in total. The second-order valence-corrected chi connectivity index (χ2v) is 12.6. The van der Waals surface area contributed by atoms with Crippen molar-refractivity contribution in [1.82, 2.24) is 0 Å². The van der Waals surface area contributed by atoms with E-state index in [9.17, 15) is 24.6 Å². The predicted octanol–water partition coefficient (Wildman–Crippen LogP) is 2.34. The third-order valence-corrected chi connectivity index (χ3v) is 11.0. The van der Waals surface area contributed by atoms with Crippen LogP contribution in [0.15, 0.2) is 23.0 Å². The van der Waals surface area contributed by atoms with E-state index >= 15 is 0 Å². The molecular formula is C27H34O9. The van der Waals surface area contributed by atoms with Crippen molar-refractivity contribution < 1.29 is 43.2 Å². The fourth-order valence-electron chi connectivity index (χ4n) is 9.58. The molecule has 36 heavy (non-hydrogen) atoms. The number of Topliss-reactive ketones (excluding diaryl/α,β-unsaturated/α-hetero) is 1. The van der Waals surface area contributed by atoms with Gasteiger partial charge in [-0.05, 0) is 30.7 Å². The standard InChI is InChI=1S/C27H34O9/c1-23(2)18(17(29)22(31)33-5)25(4)15-6-8-24(3)20(13-7-9-34-12-13)35-16(28)11-27(24,32)26(15)10-14(19(25)30)21(23)36-26/h7,9,12,14-15,17-18,20-21,29,32H,6,8,10-11H2,1-5H3/t14-,15-,17-,18+,20+,21-,24+,25-,26+,27+/m1/s1. The molecule has 1 aromatic heterocycles. The average molecular weight is 503 g/mol. The van der Waals surface area contributed by atoms with Gasteiger partial charge in [0.05, 0.1) is 32.2 Å². The summed E-state index contributed by atoms with van der Waals surface area (Å²) in [5.74, 6) is -3.19. The van der Waals surface area contributed by atoms with E-state index in [0.29, 0.717) is 24.8 Å². The maximum absolute atomic E-state index is 14.1. The molecule has 2 saturated heterocycles. The van der Waals surface area contributed by atoms with E-state index in [4.69, 9.17) is 18.6 Å². The topological polar surface area (TPSA) is 132 Å². The summed E-state index contributed by atoms with van der Waals surface area (Å²) in [7, 11) is 1.21. The summed E-state index contributed by atoms with van der Waals surface area (Å²) < 4.78 is 22.9. The first-order valence-corrected chi connectivity index (χ1v) is 12.7. The van der Waals surface area contributed by atoms with Crippen molar-refractivity contribution in [1.29, 1.82) is 0 Å². The Morgan fingerprint density at radius 1 is 1.22 bits per heavy atom. The molecule has 0 radical (unpaired) electrons. The molecule has 9 heteroatoms. The van der Waals surface area contributed by atoms with Crippen LogP contribution in [0, 0.1) is 34.0 Å². The minimum atomic E-state index is -1.64. The first-order chi connectivity index (χ1) is 16.8. The highest BCUT2D eigenvalue weighted by Gasteiger charge is 2.85. The summed E-state index contributed by atoms with van der Waals surface area (Å²) >= 11 is 0. The fraction of sp³-hybridized carbons (Fsp3) is 0.741. The molecule has 5 aliphatic rings. The Morgan fingerprint density at radius 3 is 2.58 bits per heavy atom. The van der Waals surface area contributed by atoms with Crippen molar-refractivity contribution in [2.45, 2.75) is 82.9 Å². The van der Waals surface area contributed by atoms with Crippen molar-refractivity contribution in [2.24, 2.45) is 34.0 Å². The quantitative estimate of drug-likeness (QED) is 0.598. The molecule has 0 aromatic carbocycles. The van der Waals surface area contributed by atoms with Crippen molar-refractivity contribution >= 4 is 17.7 Å². The molecule has 3 heterocycles. The normalized spacial score (nSPS) is 49.1. The lowest BCUT2D eigenvalue weighted by atomic mass is 9.36. The number of rotatable bonds is 3. The average Bonchev–Trinajstić information content (AvgIpc) is 3.46. The largest absolute Gasteiger partial charge is 0.472 e. The molecular weight excluding hydrogens is 468 g/mol. The smallest absolute Gasteiger partial charge is 0.335 e. The monoisotopic (exact) mass is 502 g/mol. The zero-order valence-electron chi connectivity index (χ0n) is 21.3. The van der Waals surface area contributed by atoms with E-state index in [1.54, 1.807) is 6.07 Å². The number of methoxy groups -OCH3 is 1. The number of hydrogen-bond acceptors (Lipinski definition) is 9. The van der Waals surface area contributed by atoms with E-state index in [2.05, 4.69) is 0 Å². The van der Waals surface area contributed by atoms with Gasteiger partial charge in [-0.3, -0.25) is 9.59 Å². The lowest BCUT2D eigenvalue weighted by molar-refractivity contribution is -0.317. The van der Waals surface area contributed by atoms with E-state index < -0.39 is 75.5 Å². The molecule has 9 nitrogen and oxygen atoms in total. The van der Waals surface area contributed by atoms with Gasteiger partial charge in [0.15, 0.2) is 6.10 Å². The summed E-state index contributed by atoms with van der Waals surface area (Å²) in [5, 5.41) is 24.0. The Morgan fingerprint density at radius 2 is 1.94 bits per heavy atom. The lowest BCUT2D eigenvalue weighted by Crippen LogP contribution is -2.77. The molecule has 3 bridgehead atoms. The van der Waals surface area contributed by atoms with Crippen molar-refractivity contribution in [3.8, 4) is 0 Å². The van der Waals surface area contributed by atoms with Crippen LogP contribution in [0.4, 0.5) is 0 Å². The zero-order valence-corrected chi connectivity index (χ0v) is 21.3. The number of carbonyl (C=O) groups is 3. The number of furan rings is 1. The minimum absolute atomic E-state index is 0.0464. The van der Waals surface area contributed by atoms with Crippen LogP contribution in [0.3, 0.4) is 0 Å². The molecule has 0 amide bonds. The first kappa shape index (κ1) is 24.1. The third-order valence-electron chi connectivity index (χ3n) is 11.0. The van der Waals surface area contributed by atoms with Crippen LogP contribution >= 0.6 is 0 Å². The first-order valence-electron chi connectivity index (χ1n) is 12.7. The van der Waals surface area contributed by atoms with Gasteiger partial charge < -0.3 is 28.8 Å². The molecule has 2 aliphatic heterocycles. The highest BCUT2D eigenvalue weighted by molar-refractivity contribution is 5.93. The fourth-order valence-corrected chi connectivity index (χ4v) is 9.58. The summed E-state index contributed by atoms with van der Waals surface area (Å²) in [6.07, 6.45) is 1.10. The Hall–Kier alpha value is -2.23. The van der Waals surface area contributed by atoms with Crippen molar-refractivity contribution in [3.05, 3.63) is 24.2 Å². The number of ether oxygens (including phenoxy) is 3. The van der Waals surface area contributed by atoms with Crippen LogP contribution in [-0.2, 0) is 28.6 Å². The second-order valence-electron chi connectivity index (χ2n) is 12.6. The van der Waals surface area contributed by atoms with Crippen molar-refractivity contribution in [2.75, 3.05) is 7.11 Å². The summed E-state index contributed by atoms with van der Waals surface area (Å²) in [6, 6.07) is 1.73. The van der Waals surface area contributed by atoms with Crippen molar-refractivity contribution in [3.63, 3.8) is 0 Å². The van der Waals surface area contributed by atoms with Gasteiger partial charge in [0.1, 0.15) is 23.1 Å². The molecule has 6 rings (SSSR count). The maximum Gasteiger partial charge on any atom is 0.335 e. The van der Waals surface area contributed by atoms with E-state index in [0.717, 1.165) is 0 Å². The van der Waals surface area contributed by atoms with Crippen LogP contribution in [-0.4, -0.2) is 58.5 Å². The Kier molecular flexibility index (Phi) is 4.69. The number of cyclic esters (lactones) is 1. The maximum atomic E-state index is 14.1. The second kappa shape index (κ2) is 6.99. The van der Waals surface area contributed by atoms with Crippen LogP contribution in [0.5, 0.6) is 0 Å². The third kappa shape index (κ3) is 2.41. The molecule has 3 saturated carbocycles. The molecule has 1 aromatic rings. The number of fused-ring (bicyclic) bond motifs is 3. The highest BCUT2D eigenvalue weighted by Crippen LogP contribution is 2.77.